The summed E-state index contributed by atoms with van der Waals surface area (Å²) in [5.41, 5.74) is 0. The van der Waals surface area contributed by atoms with Crippen LogP contribution in [0.1, 0.15) is 0 Å². The molecule has 5 heterocycles. The average Bonchev–Trinajstić information content (AvgIpc) is 3.18. The van der Waals surface area contributed by atoms with E-state index in [0.717, 1.165) is 0 Å². The number of rotatable bonds is 13. The SMILES string of the molecule is O=C(O)[C@H]1O[C@H](O[C@@H]2[C@H](O)[C@H](O[C@H]3[C@H](O)[C@H](O)[C@H](O)O[C@@H]3CO)O[C@H](CO[C@@H]3O[C@H](CO)[C@H](O)[C@H](O)[C@H]3O)[C@H]2O[C@@H]2O[C@H](CO)[C@@H](O)[C@H](O)[C@H]2O)[C@H](O)[C@@H](O)[C@@H]1O. The predicted molar refractivity (Wildman–Crippen MR) is 167 cm³/mol. The monoisotopic (exact) mass is 842 g/mol. The van der Waals surface area contributed by atoms with E-state index < -0.39 is 186 Å². The Labute approximate surface area is 320 Å². The topological polar surface area (TPSA) is 444 Å². The highest BCUT2D eigenvalue weighted by Gasteiger charge is 2.57. The largest absolute Gasteiger partial charge is 0.479 e. The lowest BCUT2D eigenvalue weighted by Crippen LogP contribution is -2.69. The Hall–Kier alpha value is -1.53. The van der Waals surface area contributed by atoms with Crippen LogP contribution in [-0.2, 0) is 47.4 Å². The third-order valence-electron chi connectivity index (χ3n) is 10.3. The van der Waals surface area contributed by atoms with E-state index in [9.17, 15) is 91.6 Å². The third kappa shape index (κ3) is 9.53. The molecule has 0 bridgehead atoms. The normalized spacial score (nSPS) is 52.4. The van der Waals surface area contributed by atoms with Gasteiger partial charge in [0.05, 0.1) is 26.4 Å². The molecule has 27 heteroatoms. The molecule has 332 valence electrons. The Kier molecular flexibility index (Phi) is 15.9. The summed E-state index contributed by atoms with van der Waals surface area (Å²) >= 11 is 0. The fraction of sp³-hybridized carbons (Fsp3) is 0.967. The molecular weight excluding hydrogens is 792 g/mol. The molecule has 27 nitrogen and oxygen atoms in total. The zero-order chi connectivity index (χ0) is 42.2. The number of hydrogen-bond acceptors (Lipinski definition) is 26. The zero-order valence-corrected chi connectivity index (χ0v) is 29.4. The maximum atomic E-state index is 11.9. The van der Waals surface area contributed by atoms with Gasteiger partial charge >= 0.3 is 5.97 Å². The molecule has 5 saturated heterocycles. The van der Waals surface area contributed by atoms with Crippen molar-refractivity contribution in [2.75, 3.05) is 26.4 Å². The molecule has 0 aromatic rings. The highest BCUT2D eigenvalue weighted by molar-refractivity contribution is 5.73. The number of carbonyl (C=O) groups is 1. The first-order valence-electron chi connectivity index (χ1n) is 17.6. The highest BCUT2D eigenvalue weighted by atomic mass is 16.8. The Morgan fingerprint density at radius 3 is 1.39 bits per heavy atom. The van der Waals surface area contributed by atoms with E-state index >= 15 is 0 Å². The van der Waals surface area contributed by atoms with Crippen LogP contribution in [0.15, 0.2) is 0 Å². The van der Waals surface area contributed by atoms with Crippen molar-refractivity contribution in [3.63, 3.8) is 0 Å². The van der Waals surface area contributed by atoms with Gasteiger partial charge < -0.3 is 129 Å². The van der Waals surface area contributed by atoms with E-state index in [4.69, 9.17) is 42.6 Å². The number of aliphatic hydroxyl groups excluding tert-OH is 16. The van der Waals surface area contributed by atoms with E-state index in [2.05, 4.69) is 0 Å². The zero-order valence-electron chi connectivity index (χ0n) is 29.4. The molecule has 0 aromatic heterocycles. The van der Waals surface area contributed by atoms with Crippen molar-refractivity contribution in [1.29, 1.82) is 0 Å². The van der Waals surface area contributed by atoms with Crippen LogP contribution in [0, 0.1) is 0 Å². The van der Waals surface area contributed by atoms with Gasteiger partial charge in [-0.25, -0.2) is 4.79 Å². The quantitative estimate of drug-likeness (QED) is 0.0818. The van der Waals surface area contributed by atoms with Crippen molar-refractivity contribution in [1.82, 2.24) is 0 Å². The standard InChI is InChI=1S/C30H50O27/c31-1-5-9(34)11(36)17(42)27(51-5)49-4-8-22(55-28-18(43)12(37)10(35)6(2-32)52-28)23(56-29-19(44)13(38)14(39)24(57-29)25(46)47)20(45)30(53-8)54-21-7(3-33)50-26(48)16(41)15(21)40/h5-24,26-45,48H,1-4H2,(H,46,47)/t5-,6-,7-,8-,9+,10-,11+,12+,13+,14+,15-,16+,17-,18-,19-,20+,21-,22-,23-,24+,26-,27-,28+,29+,30+/m1/s1. The Morgan fingerprint density at radius 2 is 0.842 bits per heavy atom. The molecule has 57 heavy (non-hydrogen) atoms. The summed E-state index contributed by atoms with van der Waals surface area (Å²) < 4.78 is 49.9. The minimum Gasteiger partial charge on any atom is -0.479 e. The number of carboxylic acid groups (broad SMARTS) is 1. The van der Waals surface area contributed by atoms with Crippen molar-refractivity contribution >= 4 is 5.97 Å². The van der Waals surface area contributed by atoms with Crippen LogP contribution in [0.2, 0.25) is 0 Å². The Balaban J connectivity index is 1.54. The van der Waals surface area contributed by atoms with Crippen molar-refractivity contribution in [3.8, 4) is 0 Å². The van der Waals surface area contributed by atoms with Crippen LogP contribution >= 0.6 is 0 Å². The molecule has 0 spiro atoms. The summed E-state index contributed by atoms with van der Waals surface area (Å²) in [5.74, 6) is -1.85. The molecular formula is C30H50O27. The lowest BCUT2D eigenvalue weighted by atomic mass is 9.95. The summed E-state index contributed by atoms with van der Waals surface area (Å²) in [6.07, 6.45) is -50.6. The molecule has 0 saturated carbocycles. The van der Waals surface area contributed by atoms with E-state index in [1.807, 2.05) is 0 Å². The van der Waals surface area contributed by atoms with Crippen LogP contribution in [-0.4, -0.2) is 273 Å². The molecule has 0 radical (unpaired) electrons. The van der Waals surface area contributed by atoms with Gasteiger partial charge in [-0.1, -0.05) is 0 Å². The average molecular weight is 843 g/mol. The van der Waals surface area contributed by atoms with Crippen LogP contribution in [0.5, 0.6) is 0 Å². The summed E-state index contributed by atoms with van der Waals surface area (Å²) in [6.45, 7) is -3.77. The van der Waals surface area contributed by atoms with Crippen LogP contribution in [0.4, 0.5) is 0 Å². The maximum Gasteiger partial charge on any atom is 0.335 e. The number of carboxylic acids is 1. The summed E-state index contributed by atoms with van der Waals surface area (Å²) in [4.78, 5) is 11.9. The van der Waals surface area contributed by atoms with Gasteiger partial charge in [-0.05, 0) is 0 Å². The number of ether oxygens (including phenoxy) is 9. The second-order valence-electron chi connectivity index (χ2n) is 14.0. The van der Waals surface area contributed by atoms with Gasteiger partial charge in [0.1, 0.15) is 116 Å². The lowest BCUT2D eigenvalue weighted by Gasteiger charge is -2.50. The fourth-order valence-corrected chi connectivity index (χ4v) is 6.90. The van der Waals surface area contributed by atoms with Gasteiger partial charge in [-0.3, -0.25) is 0 Å². The van der Waals surface area contributed by atoms with Crippen molar-refractivity contribution in [2.24, 2.45) is 0 Å². The number of aliphatic hydroxyl groups is 16. The summed E-state index contributed by atoms with van der Waals surface area (Å²) in [7, 11) is 0. The molecule has 17 N–H and O–H groups in total. The molecule has 5 aliphatic rings. The number of hydrogen-bond donors (Lipinski definition) is 17. The van der Waals surface area contributed by atoms with E-state index in [1.165, 1.54) is 0 Å². The first-order chi connectivity index (χ1) is 26.9. The summed E-state index contributed by atoms with van der Waals surface area (Å²) in [5, 5.41) is 176. The predicted octanol–water partition coefficient (Wildman–Crippen LogP) is -11.8. The van der Waals surface area contributed by atoms with E-state index in [-0.39, 0.29) is 0 Å². The van der Waals surface area contributed by atoms with Gasteiger partial charge in [0.15, 0.2) is 37.6 Å². The minimum absolute atomic E-state index is 0.883. The second kappa shape index (κ2) is 19.5. The first-order valence-corrected chi connectivity index (χ1v) is 17.6. The second-order valence-corrected chi connectivity index (χ2v) is 14.0. The summed E-state index contributed by atoms with van der Waals surface area (Å²) in [6, 6.07) is 0. The smallest absolute Gasteiger partial charge is 0.335 e. The highest BCUT2D eigenvalue weighted by Crippen LogP contribution is 2.36. The van der Waals surface area contributed by atoms with Crippen molar-refractivity contribution in [3.05, 3.63) is 0 Å². The van der Waals surface area contributed by atoms with Crippen LogP contribution in [0.3, 0.4) is 0 Å². The van der Waals surface area contributed by atoms with Gasteiger partial charge in [0.25, 0.3) is 0 Å². The Bertz CT molecular complexity index is 1280. The third-order valence-corrected chi connectivity index (χ3v) is 10.3. The molecule has 5 rings (SSSR count). The first kappa shape index (κ1) is 46.5. The van der Waals surface area contributed by atoms with E-state index in [0.29, 0.717) is 0 Å². The number of aliphatic carboxylic acids is 1. The van der Waals surface area contributed by atoms with E-state index in [1.54, 1.807) is 0 Å². The molecule has 25 atom stereocenters. The van der Waals surface area contributed by atoms with Gasteiger partial charge in [0, 0.05) is 0 Å². The van der Waals surface area contributed by atoms with Crippen LogP contribution in [0.25, 0.3) is 0 Å². The van der Waals surface area contributed by atoms with Crippen molar-refractivity contribution in [2.45, 2.75) is 154 Å². The minimum atomic E-state index is -2.33. The molecule has 0 aromatic carbocycles. The van der Waals surface area contributed by atoms with Crippen LogP contribution < -0.4 is 0 Å². The molecule has 5 aliphatic heterocycles. The van der Waals surface area contributed by atoms with Gasteiger partial charge in [0.2, 0.25) is 0 Å². The van der Waals surface area contributed by atoms with Crippen molar-refractivity contribution < 1.29 is 134 Å². The molecule has 0 unspecified atom stereocenters. The molecule has 0 amide bonds. The van der Waals surface area contributed by atoms with Gasteiger partial charge in [-0.2, -0.15) is 0 Å². The lowest BCUT2D eigenvalue weighted by molar-refractivity contribution is -0.401. The Morgan fingerprint density at radius 1 is 0.404 bits per heavy atom. The maximum absolute atomic E-state index is 11.9. The molecule has 0 aliphatic carbocycles. The molecule has 5 fully saturated rings. The van der Waals surface area contributed by atoms with Gasteiger partial charge in [-0.15, -0.1) is 0 Å². The fourth-order valence-electron chi connectivity index (χ4n) is 6.90.